The van der Waals surface area contributed by atoms with Gasteiger partial charge in [0, 0.05) is 5.69 Å². The van der Waals surface area contributed by atoms with E-state index < -0.39 is 0 Å². The number of thioether (sulfide) groups is 1. The first-order valence-corrected chi connectivity index (χ1v) is 8.76. The van der Waals surface area contributed by atoms with Gasteiger partial charge in [-0.2, -0.15) is 0 Å². The highest BCUT2D eigenvalue weighted by Gasteiger charge is 2.24. The van der Waals surface area contributed by atoms with Crippen LogP contribution in [0, 0.1) is 6.92 Å². The first-order valence-electron chi connectivity index (χ1n) is 7.78. The third-order valence-electron chi connectivity index (χ3n) is 4.18. The lowest BCUT2D eigenvalue weighted by Gasteiger charge is -2.31. The number of ether oxygens (including phenoxy) is 1. The number of benzene rings is 2. The van der Waals surface area contributed by atoms with Crippen LogP contribution in [0.1, 0.15) is 5.56 Å². The molecule has 122 valence electrons. The van der Waals surface area contributed by atoms with Crippen molar-refractivity contribution in [3.8, 4) is 17.1 Å². The Morgan fingerprint density at radius 2 is 1.83 bits per heavy atom. The average molecular weight is 338 g/mol. The molecule has 1 aliphatic heterocycles. The number of aromatic nitrogens is 3. The molecule has 0 atom stereocenters. The molecule has 24 heavy (non-hydrogen) atoms. The zero-order valence-corrected chi connectivity index (χ0v) is 14.5. The zero-order valence-electron chi connectivity index (χ0n) is 13.6. The average Bonchev–Trinajstić information content (AvgIpc) is 3.05. The molecule has 0 bridgehead atoms. The Kier molecular flexibility index (Phi) is 3.90. The fourth-order valence-electron chi connectivity index (χ4n) is 2.96. The topological polar surface area (TPSA) is 43.2 Å². The largest absolute Gasteiger partial charge is 0.496 e. The fraction of sp³-hybridized carbons (Fsp3) is 0.222. The normalized spacial score (nSPS) is 13.7. The Labute approximate surface area is 145 Å². The SMILES string of the molecule is COc1ccccc1-c1nnc2n1CN(c1ccccc1C)CS2. The summed E-state index contributed by atoms with van der Waals surface area (Å²) in [5.41, 5.74) is 3.48. The van der Waals surface area contributed by atoms with Crippen LogP contribution in [0.3, 0.4) is 0 Å². The molecule has 0 saturated heterocycles. The van der Waals surface area contributed by atoms with Crippen molar-refractivity contribution in [3.05, 3.63) is 54.1 Å². The maximum Gasteiger partial charge on any atom is 0.194 e. The van der Waals surface area contributed by atoms with Gasteiger partial charge in [0.1, 0.15) is 5.75 Å². The molecule has 0 spiro atoms. The van der Waals surface area contributed by atoms with E-state index in [9.17, 15) is 0 Å². The molecule has 0 aliphatic carbocycles. The number of hydrogen-bond acceptors (Lipinski definition) is 5. The zero-order chi connectivity index (χ0) is 16.5. The molecule has 3 aromatic rings. The maximum atomic E-state index is 5.49. The van der Waals surface area contributed by atoms with Gasteiger partial charge in [-0.15, -0.1) is 10.2 Å². The van der Waals surface area contributed by atoms with E-state index in [1.807, 2.05) is 24.3 Å². The van der Waals surface area contributed by atoms with E-state index in [4.69, 9.17) is 4.74 Å². The van der Waals surface area contributed by atoms with Gasteiger partial charge < -0.3 is 9.64 Å². The monoisotopic (exact) mass is 338 g/mol. The van der Waals surface area contributed by atoms with E-state index in [-0.39, 0.29) is 0 Å². The van der Waals surface area contributed by atoms with Crippen LogP contribution in [-0.4, -0.2) is 27.8 Å². The van der Waals surface area contributed by atoms with Crippen molar-refractivity contribution in [2.75, 3.05) is 17.9 Å². The minimum Gasteiger partial charge on any atom is -0.496 e. The summed E-state index contributed by atoms with van der Waals surface area (Å²) in [6.07, 6.45) is 0. The molecular weight excluding hydrogens is 320 g/mol. The lowest BCUT2D eigenvalue weighted by Crippen LogP contribution is -2.31. The molecule has 5 nitrogen and oxygen atoms in total. The van der Waals surface area contributed by atoms with Crippen molar-refractivity contribution in [1.82, 2.24) is 14.8 Å². The van der Waals surface area contributed by atoms with Gasteiger partial charge in [-0.1, -0.05) is 42.1 Å². The first-order chi connectivity index (χ1) is 11.8. The van der Waals surface area contributed by atoms with Crippen LogP contribution in [0.25, 0.3) is 11.4 Å². The number of nitrogens with zero attached hydrogens (tertiary/aromatic N) is 4. The van der Waals surface area contributed by atoms with E-state index in [0.717, 1.165) is 34.8 Å². The number of fused-ring (bicyclic) bond motifs is 1. The van der Waals surface area contributed by atoms with Gasteiger partial charge in [-0.3, -0.25) is 4.57 Å². The number of rotatable bonds is 3. The lowest BCUT2D eigenvalue weighted by molar-refractivity contribution is 0.415. The van der Waals surface area contributed by atoms with Crippen LogP contribution in [0.4, 0.5) is 5.69 Å². The molecule has 6 heteroatoms. The predicted octanol–water partition coefficient (Wildman–Crippen LogP) is 3.79. The van der Waals surface area contributed by atoms with Crippen molar-refractivity contribution in [1.29, 1.82) is 0 Å². The van der Waals surface area contributed by atoms with Crippen molar-refractivity contribution >= 4 is 17.4 Å². The summed E-state index contributed by atoms with van der Waals surface area (Å²) < 4.78 is 7.64. The van der Waals surface area contributed by atoms with Gasteiger partial charge >= 0.3 is 0 Å². The van der Waals surface area contributed by atoms with Gasteiger partial charge in [0.05, 0.1) is 25.2 Å². The van der Waals surface area contributed by atoms with Crippen molar-refractivity contribution in [2.24, 2.45) is 0 Å². The van der Waals surface area contributed by atoms with Crippen molar-refractivity contribution < 1.29 is 4.74 Å². The van der Waals surface area contributed by atoms with Gasteiger partial charge in [0.2, 0.25) is 0 Å². The molecule has 0 unspecified atom stereocenters. The molecule has 2 heterocycles. The van der Waals surface area contributed by atoms with Crippen molar-refractivity contribution in [3.63, 3.8) is 0 Å². The Balaban J connectivity index is 1.74. The molecule has 0 radical (unpaired) electrons. The van der Waals surface area contributed by atoms with Crippen LogP contribution >= 0.6 is 11.8 Å². The van der Waals surface area contributed by atoms with Gasteiger partial charge in [-0.05, 0) is 30.7 Å². The van der Waals surface area contributed by atoms with Crippen LogP contribution in [0.15, 0.2) is 53.7 Å². The highest BCUT2D eigenvalue weighted by atomic mass is 32.2. The summed E-state index contributed by atoms with van der Waals surface area (Å²) in [5.74, 6) is 2.52. The summed E-state index contributed by atoms with van der Waals surface area (Å²) in [6.45, 7) is 2.87. The van der Waals surface area contributed by atoms with Gasteiger partial charge in [0.15, 0.2) is 11.0 Å². The van der Waals surface area contributed by atoms with Crippen LogP contribution < -0.4 is 9.64 Å². The predicted molar refractivity (Wildman–Crippen MR) is 96.4 cm³/mol. The second kappa shape index (κ2) is 6.20. The highest BCUT2D eigenvalue weighted by molar-refractivity contribution is 7.99. The third-order valence-corrected chi connectivity index (χ3v) is 5.18. The molecule has 2 aromatic carbocycles. The number of hydrogen-bond donors (Lipinski definition) is 0. The minimum absolute atomic E-state index is 0.730. The summed E-state index contributed by atoms with van der Waals surface area (Å²) in [4.78, 5) is 2.34. The number of anilines is 1. The molecule has 0 N–H and O–H groups in total. The number of methoxy groups -OCH3 is 1. The quantitative estimate of drug-likeness (QED) is 0.727. The Morgan fingerprint density at radius 1 is 1.04 bits per heavy atom. The number of para-hydroxylation sites is 2. The minimum atomic E-state index is 0.730. The summed E-state index contributed by atoms with van der Waals surface area (Å²) >= 11 is 1.70. The summed E-state index contributed by atoms with van der Waals surface area (Å²) in [6, 6.07) is 16.4. The molecule has 0 fully saturated rings. The van der Waals surface area contributed by atoms with E-state index in [2.05, 4.69) is 50.9 Å². The van der Waals surface area contributed by atoms with E-state index in [0.29, 0.717) is 0 Å². The maximum absolute atomic E-state index is 5.49. The second-order valence-corrected chi connectivity index (χ2v) is 6.59. The van der Waals surface area contributed by atoms with Crippen molar-refractivity contribution in [2.45, 2.75) is 18.7 Å². The fourth-order valence-corrected chi connectivity index (χ4v) is 3.85. The highest BCUT2D eigenvalue weighted by Crippen LogP contribution is 2.35. The van der Waals surface area contributed by atoms with Gasteiger partial charge in [0.25, 0.3) is 0 Å². The molecule has 0 saturated carbocycles. The molecular formula is C18H18N4OS. The van der Waals surface area contributed by atoms with Crippen LogP contribution in [-0.2, 0) is 6.67 Å². The summed E-state index contributed by atoms with van der Waals surface area (Å²) in [5, 5.41) is 9.71. The molecule has 1 aliphatic rings. The van der Waals surface area contributed by atoms with Crippen LogP contribution in [0.2, 0.25) is 0 Å². The standard InChI is InChI=1S/C18H18N4OS/c1-13-7-3-5-9-15(13)21-11-22-17(19-20-18(22)24-12-21)14-8-4-6-10-16(14)23-2/h3-10H,11-12H2,1-2H3. The van der Waals surface area contributed by atoms with E-state index >= 15 is 0 Å². The Bertz CT molecular complexity index is 877. The lowest BCUT2D eigenvalue weighted by atomic mass is 10.2. The molecule has 1 aromatic heterocycles. The van der Waals surface area contributed by atoms with Gasteiger partial charge in [-0.25, -0.2) is 0 Å². The van der Waals surface area contributed by atoms with E-state index in [1.165, 1.54) is 11.3 Å². The third kappa shape index (κ3) is 2.53. The number of aryl methyl sites for hydroxylation is 1. The summed E-state index contributed by atoms with van der Waals surface area (Å²) in [7, 11) is 1.68. The molecule has 0 amide bonds. The Hall–Kier alpha value is -2.47. The Morgan fingerprint density at radius 3 is 2.67 bits per heavy atom. The smallest absolute Gasteiger partial charge is 0.194 e. The first kappa shape index (κ1) is 15.1. The van der Waals surface area contributed by atoms with Crippen LogP contribution in [0.5, 0.6) is 5.75 Å². The molecule has 4 rings (SSSR count). The second-order valence-electron chi connectivity index (χ2n) is 5.68. The van der Waals surface area contributed by atoms with E-state index in [1.54, 1.807) is 18.9 Å².